The molecule has 0 aliphatic carbocycles. The zero-order chi connectivity index (χ0) is 17.3. The standard InChI is InChI=1S/C18H20FN3O2S/c19-15-3-1-6-20-16(15)21-14-9-18(24-10-14)5-2-7-22(12-18)17(23)13-4-8-25-11-13/h1,3-4,6,8,11,14H,2,5,7,9-10,12H2,(H,20,21). The lowest BCUT2D eigenvalue weighted by Crippen LogP contribution is -2.50. The van der Waals surface area contributed by atoms with Crippen LogP contribution in [0.3, 0.4) is 0 Å². The topological polar surface area (TPSA) is 54.5 Å². The van der Waals surface area contributed by atoms with E-state index in [9.17, 15) is 9.18 Å². The van der Waals surface area contributed by atoms with Crippen molar-refractivity contribution in [3.8, 4) is 0 Å². The van der Waals surface area contributed by atoms with Crippen molar-refractivity contribution < 1.29 is 13.9 Å². The van der Waals surface area contributed by atoms with Crippen LogP contribution < -0.4 is 5.32 Å². The van der Waals surface area contributed by atoms with Gasteiger partial charge in [-0.25, -0.2) is 9.37 Å². The largest absolute Gasteiger partial charge is 0.371 e. The zero-order valence-corrected chi connectivity index (χ0v) is 14.6. The van der Waals surface area contributed by atoms with E-state index in [0.29, 0.717) is 13.2 Å². The fourth-order valence-electron chi connectivity index (χ4n) is 3.75. The first-order chi connectivity index (χ1) is 12.2. The normalized spacial score (nSPS) is 26.1. The Morgan fingerprint density at radius 3 is 3.20 bits per heavy atom. The van der Waals surface area contributed by atoms with Gasteiger partial charge in [-0.2, -0.15) is 11.3 Å². The molecule has 2 fully saturated rings. The second-order valence-electron chi connectivity index (χ2n) is 6.72. The van der Waals surface area contributed by atoms with Crippen LogP contribution in [0.4, 0.5) is 10.2 Å². The van der Waals surface area contributed by atoms with Crippen LogP contribution in [0.1, 0.15) is 29.6 Å². The fourth-order valence-corrected chi connectivity index (χ4v) is 4.38. The highest BCUT2D eigenvalue weighted by molar-refractivity contribution is 7.08. The van der Waals surface area contributed by atoms with Gasteiger partial charge in [-0.05, 0) is 36.4 Å². The molecule has 2 aromatic heterocycles. The first-order valence-corrected chi connectivity index (χ1v) is 9.42. The Balaban J connectivity index is 1.42. The molecule has 7 heteroatoms. The van der Waals surface area contributed by atoms with Gasteiger partial charge < -0.3 is 15.0 Å². The summed E-state index contributed by atoms with van der Waals surface area (Å²) >= 11 is 1.53. The van der Waals surface area contributed by atoms with Gasteiger partial charge in [0.25, 0.3) is 5.91 Å². The highest BCUT2D eigenvalue weighted by Crippen LogP contribution is 2.36. The summed E-state index contributed by atoms with van der Waals surface area (Å²) in [5.74, 6) is -0.0346. The lowest BCUT2D eigenvalue weighted by Gasteiger charge is -2.39. The van der Waals surface area contributed by atoms with Gasteiger partial charge in [0.2, 0.25) is 0 Å². The molecular weight excluding hydrogens is 341 g/mol. The number of rotatable bonds is 3. The maximum atomic E-state index is 13.8. The minimum atomic E-state index is -0.360. The number of nitrogens with zero attached hydrogens (tertiary/aromatic N) is 2. The van der Waals surface area contributed by atoms with Gasteiger partial charge in [0.05, 0.1) is 30.4 Å². The van der Waals surface area contributed by atoms with Crippen LogP contribution in [0.15, 0.2) is 35.2 Å². The van der Waals surface area contributed by atoms with Gasteiger partial charge in [0, 0.05) is 24.5 Å². The summed E-state index contributed by atoms with van der Waals surface area (Å²) in [7, 11) is 0. The second kappa shape index (κ2) is 6.72. The average molecular weight is 361 g/mol. The maximum Gasteiger partial charge on any atom is 0.254 e. The quantitative estimate of drug-likeness (QED) is 0.912. The monoisotopic (exact) mass is 361 g/mol. The van der Waals surface area contributed by atoms with Gasteiger partial charge in [0.15, 0.2) is 11.6 Å². The number of amides is 1. The predicted octanol–water partition coefficient (Wildman–Crippen LogP) is 3.16. The minimum absolute atomic E-state index is 0.000555. The third-order valence-corrected chi connectivity index (χ3v) is 5.59. The number of carbonyl (C=O) groups excluding carboxylic acids is 1. The van der Waals surface area contributed by atoms with Crippen molar-refractivity contribution >= 4 is 23.1 Å². The Morgan fingerprint density at radius 1 is 1.48 bits per heavy atom. The molecule has 0 radical (unpaired) electrons. The van der Waals surface area contributed by atoms with Crippen LogP contribution in [0.2, 0.25) is 0 Å². The van der Waals surface area contributed by atoms with Crippen molar-refractivity contribution in [1.82, 2.24) is 9.88 Å². The summed E-state index contributed by atoms with van der Waals surface area (Å²) in [6.45, 7) is 1.84. The SMILES string of the molecule is O=C(c1ccsc1)N1CCCC2(CC(Nc3ncccc3F)CO2)C1. The number of anilines is 1. The number of piperidine rings is 1. The van der Waals surface area contributed by atoms with E-state index in [0.717, 1.165) is 31.4 Å². The van der Waals surface area contributed by atoms with Gasteiger partial charge in [0.1, 0.15) is 0 Å². The smallest absolute Gasteiger partial charge is 0.254 e. The highest BCUT2D eigenvalue weighted by Gasteiger charge is 2.44. The van der Waals surface area contributed by atoms with E-state index >= 15 is 0 Å². The van der Waals surface area contributed by atoms with Gasteiger partial charge in [-0.3, -0.25) is 4.79 Å². The molecule has 2 unspecified atom stereocenters. The van der Waals surface area contributed by atoms with Crippen molar-refractivity contribution in [2.45, 2.75) is 30.9 Å². The van der Waals surface area contributed by atoms with E-state index in [-0.39, 0.29) is 29.2 Å². The zero-order valence-electron chi connectivity index (χ0n) is 13.8. The Bertz CT molecular complexity index is 755. The van der Waals surface area contributed by atoms with Crippen molar-refractivity contribution in [2.24, 2.45) is 0 Å². The Labute approximate surface area is 149 Å². The number of halogens is 1. The summed E-state index contributed by atoms with van der Waals surface area (Å²) < 4.78 is 19.9. The van der Waals surface area contributed by atoms with Crippen molar-refractivity contribution in [3.05, 3.63) is 46.5 Å². The predicted molar refractivity (Wildman–Crippen MR) is 94.4 cm³/mol. The number of ether oxygens (including phenoxy) is 1. The molecule has 1 N–H and O–H groups in total. The van der Waals surface area contributed by atoms with E-state index in [1.165, 1.54) is 17.4 Å². The molecular formula is C18H20FN3O2S. The second-order valence-corrected chi connectivity index (χ2v) is 7.50. The van der Waals surface area contributed by atoms with Crippen molar-refractivity contribution in [2.75, 3.05) is 25.0 Å². The molecule has 0 saturated carbocycles. The molecule has 2 aromatic rings. The molecule has 2 aliphatic rings. The lowest BCUT2D eigenvalue weighted by atomic mass is 9.88. The summed E-state index contributed by atoms with van der Waals surface area (Å²) in [6, 6.07) is 4.82. The van der Waals surface area contributed by atoms with Gasteiger partial charge >= 0.3 is 0 Å². The number of hydrogen-bond donors (Lipinski definition) is 1. The van der Waals surface area contributed by atoms with E-state index in [2.05, 4.69) is 10.3 Å². The maximum absolute atomic E-state index is 13.8. The molecule has 0 bridgehead atoms. The molecule has 2 aliphatic heterocycles. The molecule has 2 saturated heterocycles. The first kappa shape index (κ1) is 16.5. The number of pyridine rings is 1. The number of nitrogens with one attached hydrogen (secondary N) is 1. The number of carbonyl (C=O) groups is 1. The molecule has 1 spiro atoms. The van der Waals surface area contributed by atoms with Gasteiger partial charge in [-0.1, -0.05) is 0 Å². The van der Waals surface area contributed by atoms with Crippen LogP contribution >= 0.6 is 11.3 Å². The molecule has 4 heterocycles. The van der Waals surface area contributed by atoms with E-state index in [1.54, 1.807) is 12.3 Å². The summed E-state index contributed by atoms with van der Waals surface area (Å²) in [5, 5.41) is 6.94. The molecule has 0 aromatic carbocycles. The Hall–Kier alpha value is -1.99. The number of thiophene rings is 1. The number of likely N-dealkylation sites (tertiary alicyclic amines) is 1. The lowest BCUT2D eigenvalue weighted by molar-refractivity contribution is -0.0447. The minimum Gasteiger partial charge on any atom is -0.371 e. The summed E-state index contributed by atoms with van der Waals surface area (Å²) in [4.78, 5) is 18.6. The molecule has 132 valence electrons. The van der Waals surface area contributed by atoms with Crippen LogP contribution in [-0.2, 0) is 4.74 Å². The fraction of sp³-hybridized carbons (Fsp3) is 0.444. The van der Waals surface area contributed by atoms with Crippen LogP contribution in [-0.4, -0.2) is 47.1 Å². The molecule has 4 rings (SSSR count). The molecule has 25 heavy (non-hydrogen) atoms. The third kappa shape index (κ3) is 3.39. The number of aromatic nitrogens is 1. The number of hydrogen-bond acceptors (Lipinski definition) is 5. The van der Waals surface area contributed by atoms with E-state index in [4.69, 9.17) is 4.74 Å². The average Bonchev–Trinajstić information content (AvgIpc) is 3.27. The third-order valence-electron chi connectivity index (χ3n) is 4.90. The van der Waals surface area contributed by atoms with Crippen molar-refractivity contribution in [1.29, 1.82) is 0 Å². The van der Waals surface area contributed by atoms with E-state index < -0.39 is 0 Å². The summed E-state index contributed by atoms with van der Waals surface area (Å²) in [5.41, 5.74) is 0.401. The first-order valence-electron chi connectivity index (χ1n) is 8.48. The van der Waals surface area contributed by atoms with Crippen molar-refractivity contribution in [3.63, 3.8) is 0 Å². The molecule has 5 nitrogen and oxygen atoms in total. The van der Waals surface area contributed by atoms with Gasteiger partial charge in [-0.15, -0.1) is 0 Å². The molecule has 1 amide bonds. The summed E-state index contributed by atoms with van der Waals surface area (Å²) in [6.07, 6.45) is 4.15. The van der Waals surface area contributed by atoms with Crippen LogP contribution in [0, 0.1) is 5.82 Å². The molecule has 2 atom stereocenters. The van der Waals surface area contributed by atoms with Crippen LogP contribution in [0.5, 0.6) is 0 Å². The Morgan fingerprint density at radius 2 is 2.40 bits per heavy atom. The van der Waals surface area contributed by atoms with E-state index in [1.807, 2.05) is 21.7 Å². The highest BCUT2D eigenvalue weighted by atomic mass is 32.1. The van der Waals surface area contributed by atoms with Crippen LogP contribution in [0.25, 0.3) is 0 Å². The Kier molecular flexibility index (Phi) is 4.43.